The molecule has 2 amide bonds. The Kier molecular flexibility index (Phi) is 7.86. The molecule has 0 unspecified atom stereocenters. The van der Waals surface area contributed by atoms with Crippen molar-refractivity contribution < 1.29 is 23.9 Å². The summed E-state index contributed by atoms with van der Waals surface area (Å²) in [5.74, 6) is -0.455. The summed E-state index contributed by atoms with van der Waals surface area (Å²) in [6, 6.07) is 16.6. The van der Waals surface area contributed by atoms with E-state index in [9.17, 15) is 14.4 Å². The molecule has 1 saturated heterocycles. The molecular weight excluding hydrogens is 577 g/mol. The van der Waals surface area contributed by atoms with Gasteiger partial charge in [0.1, 0.15) is 0 Å². The molecule has 10 heteroatoms. The number of hydrogen-bond donors (Lipinski definition) is 0. The van der Waals surface area contributed by atoms with Crippen LogP contribution in [0.3, 0.4) is 0 Å². The van der Waals surface area contributed by atoms with Crippen molar-refractivity contribution in [1.82, 2.24) is 4.90 Å². The highest BCUT2D eigenvalue weighted by Gasteiger charge is 2.35. The van der Waals surface area contributed by atoms with E-state index in [1.165, 1.54) is 7.11 Å². The first-order valence-electron chi connectivity index (χ1n) is 10.1. The van der Waals surface area contributed by atoms with Crippen LogP contribution in [0.15, 0.2) is 70.0 Å². The first-order chi connectivity index (χ1) is 16.7. The smallest absolute Gasteiger partial charge is 0.343 e. The Morgan fingerprint density at radius 1 is 1.06 bits per heavy atom. The van der Waals surface area contributed by atoms with E-state index in [2.05, 4.69) is 15.9 Å². The van der Waals surface area contributed by atoms with Gasteiger partial charge in [-0.15, -0.1) is 0 Å². The summed E-state index contributed by atoms with van der Waals surface area (Å²) in [5.41, 5.74) is 1.58. The van der Waals surface area contributed by atoms with E-state index < -0.39 is 17.1 Å². The number of carbonyl (C=O) groups excluding carboxylic acids is 3. The van der Waals surface area contributed by atoms with Crippen molar-refractivity contribution in [3.8, 4) is 11.5 Å². The van der Waals surface area contributed by atoms with Crippen LogP contribution in [0.2, 0.25) is 10.0 Å². The standard InChI is InChI=1S/C25H16BrCl2NO5S/c1-33-21-9-14(5-8-20(21)34-24(31)15-3-2-4-17(26)11-15)10-22-23(30)29(25(32)35-22)13-16-6-7-18(27)12-19(16)28/h2-12H,13H2,1H3/b22-10-. The Morgan fingerprint density at radius 3 is 2.57 bits per heavy atom. The largest absolute Gasteiger partial charge is 0.493 e. The van der Waals surface area contributed by atoms with Gasteiger partial charge in [0.2, 0.25) is 0 Å². The van der Waals surface area contributed by atoms with Gasteiger partial charge in [0.05, 0.1) is 24.1 Å². The highest BCUT2D eigenvalue weighted by atomic mass is 79.9. The van der Waals surface area contributed by atoms with E-state index in [0.717, 1.165) is 21.1 Å². The third-order valence-corrected chi connectivity index (χ3v) is 6.95. The van der Waals surface area contributed by atoms with E-state index in [-0.39, 0.29) is 17.2 Å². The normalized spacial score (nSPS) is 14.5. The van der Waals surface area contributed by atoms with Gasteiger partial charge in [-0.1, -0.05) is 57.3 Å². The third kappa shape index (κ3) is 5.90. The number of hydrogen-bond acceptors (Lipinski definition) is 6. The Bertz CT molecular complexity index is 1380. The number of imide groups is 1. The lowest BCUT2D eigenvalue weighted by molar-refractivity contribution is -0.123. The summed E-state index contributed by atoms with van der Waals surface area (Å²) in [6.07, 6.45) is 1.58. The van der Waals surface area contributed by atoms with Crippen LogP contribution in [-0.4, -0.2) is 29.1 Å². The van der Waals surface area contributed by atoms with Gasteiger partial charge < -0.3 is 9.47 Å². The predicted octanol–water partition coefficient (Wildman–Crippen LogP) is 7.22. The lowest BCUT2D eigenvalue weighted by Crippen LogP contribution is -2.27. The van der Waals surface area contributed by atoms with E-state index in [0.29, 0.717) is 32.5 Å². The maximum Gasteiger partial charge on any atom is 0.343 e. The third-order valence-electron chi connectivity index (χ3n) is 4.97. The Labute approximate surface area is 223 Å². The van der Waals surface area contributed by atoms with Gasteiger partial charge in [-0.05, 0) is 71.4 Å². The molecule has 0 aromatic heterocycles. The number of methoxy groups -OCH3 is 1. The molecule has 0 radical (unpaired) electrons. The fourth-order valence-corrected chi connectivity index (χ4v) is 4.95. The van der Waals surface area contributed by atoms with Crippen molar-refractivity contribution in [3.05, 3.63) is 96.8 Å². The number of ether oxygens (including phenoxy) is 2. The molecular formula is C25H16BrCl2NO5S. The second kappa shape index (κ2) is 10.9. The van der Waals surface area contributed by atoms with Crippen LogP contribution >= 0.6 is 50.9 Å². The number of thioether (sulfide) groups is 1. The first kappa shape index (κ1) is 25.3. The second-order valence-corrected chi connectivity index (χ2v) is 10.1. The van der Waals surface area contributed by atoms with Crippen molar-refractivity contribution in [2.75, 3.05) is 7.11 Å². The van der Waals surface area contributed by atoms with E-state index in [1.807, 2.05) is 0 Å². The number of halogens is 3. The average molecular weight is 593 g/mol. The van der Waals surface area contributed by atoms with E-state index >= 15 is 0 Å². The summed E-state index contributed by atoms with van der Waals surface area (Å²) in [5, 5.41) is 0.435. The zero-order valence-corrected chi connectivity index (χ0v) is 22.0. The van der Waals surface area contributed by atoms with Gasteiger partial charge in [-0.2, -0.15) is 0 Å². The maximum atomic E-state index is 12.9. The average Bonchev–Trinajstić information content (AvgIpc) is 3.08. The maximum absolute atomic E-state index is 12.9. The van der Waals surface area contributed by atoms with Crippen molar-refractivity contribution >= 4 is 74.1 Å². The molecule has 1 fully saturated rings. The minimum atomic E-state index is -0.542. The molecule has 1 aliphatic heterocycles. The van der Waals surface area contributed by atoms with Crippen molar-refractivity contribution in [1.29, 1.82) is 0 Å². The zero-order valence-electron chi connectivity index (χ0n) is 18.1. The predicted molar refractivity (Wildman–Crippen MR) is 140 cm³/mol. The molecule has 0 aliphatic carbocycles. The molecule has 1 heterocycles. The number of benzene rings is 3. The van der Waals surface area contributed by atoms with Gasteiger partial charge >= 0.3 is 5.97 Å². The minimum Gasteiger partial charge on any atom is -0.493 e. The lowest BCUT2D eigenvalue weighted by Gasteiger charge is -2.13. The monoisotopic (exact) mass is 591 g/mol. The summed E-state index contributed by atoms with van der Waals surface area (Å²) < 4.78 is 11.6. The van der Waals surface area contributed by atoms with Crippen molar-refractivity contribution in [2.45, 2.75) is 6.54 Å². The van der Waals surface area contributed by atoms with E-state index in [4.69, 9.17) is 32.7 Å². The highest BCUT2D eigenvalue weighted by molar-refractivity contribution is 9.10. The van der Waals surface area contributed by atoms with E-state index in [1.54, 1.807) is 66.7 Å². The number of rotatable bonds is 6. The van der Waals surface area contributed by atoms with Crippen LogP contribution in [0.4, 0.5) is 4.79 Å². The molecule has 35 heavy (non-hydrogen) atoms. The Morgan fingerprint density at radius 2 is 1.86 bits per heavy atom. The summed E-state index contributed by atoms with van der Waals surface area (Å²) in [4.78, 5) is 39.3. The second-order valence-electron chi connectivity index (χ2n) is 7.31. The number of carbonyl (C=O) groups is 3. The first-order valence-corrected chi connectivity index (χ1v) is 12.5. The van der Waals surface area contributed by atoms with Crippen LogP contribution < -0.4 is 9.47 Å². The van der Waals surface area contributed by atoms with Crippen LogP contribution in [-0.2, 0) is 11.3 Å². The van der Waals surface area contributed by atoms with Gasteiger partial charge in [0.15, 0.2) is 11.5 Å². The minimum absolute atomic E-state index is 0.0336. The van der Waals surface area contributed by atoms with Gasteiger partial charge in [0, 0.05) is 14.5 Å². The molecule has 0 spiro atoms. The quantitative estimate of drug-likeness (QED) is 0.171. The topological polar surface area (TPSA) is 72.9 Å². The fraction of sp³-hybridized carbons (Fsp3) is 0.0800. The highest BCUT2D eigenvalue weighted by Crippen LogP contribution is 2.36. The van der Waals surface area contributed by atoms with Crippen LogP contribution in [0.5, 0.6) is 11.5 Å². The SMILES string of the molecule is COc1cc(/C=C2\SC(=O)N(Cc3ccc(Cl)cc3Cl)C2=O)ccc1OC(=O)c1cccc(Br)c1. The molecule has 1 aliphatic rings. The molecule has 0 saturated carbocycles. The summed E-state index contributed by atoms with van der Waals surface area (Å²) >= 11 is 16.3. The van der Waals surface area contributed by atoms with Gasteiger partial charge in [-0.25, -0.2) is 4.79 Å². The van der Waals surface area contributed by atoms with Gasteiger partial charge in [0.25, 0.3) is 11.1 Å². The molecule has 6 nitrogen and oxygen atoms in total. The fourth-order valence-electron chi connectivity index (χ4n) is 3.24. The Balaban J connectivity index is 1.52. The van der Waals surface area contributed by atoms with Gasteiger partial charge in [-0.3, -0.25) is 14.5 Å². The molecule has 0 atom stereocenters. The lowest BCUT2D eigenvalue weighted by atomic mass is 10.1. The molecule has 3 aromatic carbocycles. The summed E-state index contributed by atoms with van der Waals surface area (Å²) in [6.45, 7) is 0.0336. The molecule has 3 aromatic rings. The number of esters is 1. The van der Waals surface area contributed by atoms with Crippen LogP contribution in [0.25, 0.3) is 6.08 Å². The van der Waals surface area contributed by atoms with Crippen molar-refractivity contribution in [2.24, 2.45) is 0 Å². The van der Waals surface area contributed by atoms with Crippen LogP contribution in [0, 0.1) is 0 Å². The number of amides is 2. The number of nitrogens with zero attached hydrogens (tertiary/aromatic N) is 1. The molecule has 0 bridgehead atoms. The zero-order chi connectivity index (χ0) is 25.1. The Hall–Kier alpha value is -2.78. The molecule has 178 valence electrons. The molecule has 4 rings (SSSR count). The molecule has 0 N–H and O–H groups in total. The summed E-state index contributed by atoms with van der Waals surface area (Å²) in [7, 11) is 1.44. The van der Waals surface area contributed by atoms with Crippen molar-refractivity contribution in [3.63, 3.8) is 0 Å². The van der Waals surface area contributed by atoms with Crippen LogP contribution in [0.1, 0.15) is 21.5 Å².